The monoisotopic (exact) mass is 420 g/mol. The molecule has 0 aliphatic rings. The number of thioether (sulfide) groups is 1. The molecule has 140 valence electrons. The number of methoxy groups -OCH3 is 1. The molecule has 0 aliphatic heterocycles. The van der Waals surface area contributed by atoms with Crippen molar-refractivity contribution in [2.75, 3.05) is 23.5 Å². The summed E-state index contributed by atoms with van der Waals surface area (Å²) in [6.45, 7) is 1.95. The number of anilines is 3. The largest absolute Gasteiger partial charge is 0.495 e. The van der Waals surface area contributed by atoms with Gasteiger partial charge < -0.3 is 15.4 Å². The van der Waals surface area contributed by atoms with Gasteiger partial charge in [0.15, 0.2) is 4.34 Å². The molecule has 9 heteroatoms. The van der Waals surface area contributed by atoms with Crippen LogP contribution in [0.25, 0.3) is 0 Å². The van der Waals surface area contributed by atoms with Gasteiger partial charge in [-0.05, 0) is 36.8 Å². The molecule has 3 rings (SSSR count). The van der Waals surface area contributed by atoms with Crippen molar-refractivity contribution in [3.05, 3.63) is 53.1 Å². The van der Waals surface area contributed by atoms with Gasteiger partial charge in [-0.1, -0.05) is 52.9 Å². The summed E-state index contributed by atoms with van der Waals surface area (Å²) in [5.74, 6) is 0.706. The van der Waals surface area contributed by atoms with Crippen LogP contribution in [0.2, 0.25) is 5.02 Å². The van der Waals surface area contributed by atoms with Crippen LogP contribution in [0.3, 0.4) is 0 Å². The lowest BCUT2D eigenvalue weighted by molar-refractivity contribution is -0.113. The van der Waals surface area contributed by atoms with Crippen molar-refractivity contribution in [2.45, 2.75) is 11.3 Å². The van der Waals surface area contributed by atoms with Crippen molar-refractivity contribution in [1.29, 1.82) is 0 Å². The molecule has 0 atom stereocenters. The number of amides is 1. The van der Waals surface area contributed by atoms with E-state index < -0.39 is 0 Å². The zero-order valence-electron chi connectivity index (χ0n) is 14.7. The summed E-state index contributed by atoms with van der Waals surface area (Å²) in [5.41, 5.74) is 2.49. The SMILES string of the molecule is COc1ccccc1NC(=O)CSc1nnc(Nc2ccc(C)c(Cl)c2)s1. The molecule has 0 bridgehead atoms. The van der Waals surface area contributed by atoms with Gasteiger partial charge in [-0.3, -0.25) is 4.79 Å². The van der Waals surface area contributed by atoms with E-state index in [9.17, 15) is 4.79 Å². The van der Waals surface area contributed by atoms with Crippen molar-refractivity contribution < 1.29 is 9.53 Å². The van der Waals surface area contributed by atoms with Crippen LogP contribution in [-0.2, 0) is 4.79 Å². The van der Waals surface area contributed by atoms with Crippen LogP contribution in [0.4, 0.5) is 16.5 Å². The Labute approximate surface area is 170 Å². The Morgan fingerprint density at radius 3 is 2.85 bits per heavy atom. The Morgan fingerprint density at radius 2 is 2.07 bits per heavy atom. The normalized spacial score (nSPS) is 10.5. The lowest BCUT2D eigenvalue weighted by atomic mass is 10.2. The summed E-state index contributed by atoms with van der Waals surface area (Å²) in [4.78, 5) is 12.2. The number of ether oxygens (including phenoxy) is 1. The highest BCUT2D eigenvalue weighted by molar-refractivity contribution is 8.01. The number of aromatic nitrogens is 2. The van der Waals surface area contributed by atoms with Crippen LogP contribution in [0.1, 0.15) is 5.56 Å². The topological polar surface area (TPSA) is 76.1 Å². The average Bonchev–Trinajstić information content (AvgIpc) is 3.11. The zero-order chi connectivity index (χ0) is 19.2. The molecular weight excluding hydrogens is 404 g/mol. The number of nitrogens with zero attached hydrogens (tertiary/aromatic N) is 2. The van der Waals surface area contributed by atoms with Crippen LogP contribution in [0.15, 0.2) is 46.8 Å². The van der Waals surface area contributed by atoms with E-state index in [-0.39, 0.29) is 11.7 Å². The van der Waals surface area contributed by atoms with Gasteiger partial charge in [0.2, 0.25) is 11.0 Å². The predicted octanol–water partition coefficient (Wildman–Crippen LogP) is 4.98. The van der Waals surface area contributed by atoms with Crippen molar-refractivity contribution in [3.8, 4) is 5.75 Å². The van der Waals surface area contributed by atoms with Gasteiger partial charge in [0.05, 0.1) is 18.6 Å². The molecule has 0 saturated carbocycles. The number of nitrogens with one attached hydrogen (secondary N) is 2. The van der Waals surface area contributed by atoms with Gasteiger partial charge >= 0.3 is 0 Å². The molecule has 0 fully saturated rings. The number of carbonyl (C=O) groups excluding carboxylic acids is 1. The van der Waals surface area contributed by atoms with Crippen LogP contribution in [-0.4, -0.2) is 29.0 Å². The van der Waals surface area contributed by atoms with E-state index in [4.69, 9.17) is 16.3 Å². The van der Waals surface area contributed by atoms with Crippen molar-refractivity contribution in [2.24, 2.45) is 0 Å². The number of para-hydroxylation sites is 2. The van der Waals surface area contributed by atoms with Gasteiger partial charge in [-0.15, -0.1) is 10.2 Å². The Hall–Kier alpha value is -2.29. The Balaban J connectivity index is 1.54. The van der Waals surface area contributed by atoms with Crippen molar-refractivity contribution >= 4 is 57.1 Å². The first-order chi connectivity index (χ1) is 13.0. The third-order valence-electron chi connectivity index (χ3n) is 3.54. The van der Waals surface area contributed by atoms with E-state index in [2.05, 4.69) is 20.8 Å². The van der Waals surface area contributed by atoms with E-state index in [1.54, 1.807) is 19.2 Å². The molecule has 0 radical (unpaired) electrons. The molecule has 6 nitrogen and oxygen atoms in total. The van der Waals surface area contributed by atoms with E-state index in [0.29, 0.717) is 25.9 Å². The minimum absolute atomic E-state index is 0.139. The second kappa shape index (κ2) is 9.07. The fourth-order valence-corrected chi connectivity index (χ4v) is 3.93. The van der Waals surface area contributed by atoms with Gasteiger partial charge in [0.1, 0.15) is 5.75 Å². The average molecular weight is 421 g/mol. The van der Waals surface area contributed by atoms with Crippen LogP contribution < -0.4 is 15.4 Å². The summed E-state index contributed by atoms with van der Waals surface area (Å²) in [7, 11) is 1.57. The van der Waals surface area contributed by atoms with Gasteiger partial charge in [0.25, 0.3) is 0 Å². The molecule has 0 aliphatic carbocycles. The molecule has 0 spiro atoms. The highest BCUT2D eigenvalue weighted by Crippen LogP contribution is 2.29. The molecule has 1 aromatic heterocycles. The van der Waals surface area contributed by atoms with Gasteiger partial charge in [0, 0.05) is 10.7 Å². The third-order valence-corrected chi connectivity index (χ3v) is 5.92. The van der Waals surface area contributed by atoms with Crippen molar-refractivity contribution in [1.82, 2.24) is 10.2 Å². The highest BCUT2D eigenvalue weighted by Gasteiger charge is 2.11. The molecule has 1 heterocycles. The predicted molar refractivity (Wildman–Crippen MR) is 112 cm³/mol. The molecule has 27 heavy (non-hydrogen) atoms. The van der Waals surface area contributed by atoms with Crippen LogP contribution in [0, 0.1) is 6.92 Å². The molecular formula is C18H17ClN4O2S2. The summed E-state index contributed by atoms with van der Waals surface area (Å²) >= 11 is 8.83. The molecule has 0 saturated heterocycles. The fourth-order valence-electron chi connectivity index (χ4n) is 2.17. The third kappa shape index (κ3) is 5.35. The second-order valence-corrected chi connectivity index (χ2v) is 8.11. The van der Waals surface area contributed by atoms with E-state index in [1.807, 2.05) is 37.3 Å². The minimum Gasteiger partial charge on any atom is -0.495 e. The maximum atomic E-state index is 12.2. The number of halogens is 1. The first kappa shape index (κ1) is 19.5. The fraction of sp³-hybridized carbons (Fsp3) is 0.167. The lowest BCUT2D eigenvalue weighted by Crippen LogP contribution is -2.14. The maximum absolute atomic E-state index is 12.2. The maximum Gasteiger partial charge on any atom is 0.234 e. The number of benzene rings is 2. The number of aryl methyl sites for hydroxylation is 1. The van der Waals surface area contributed by atoms with E-state index in [1.165, 1.54) is 23.1 Å². The Bertz CT molecular complexity index is 949. The van der Waals surface area contributed by atoms with Gasteiger partial charge in [-0.25, -0.2) is 0 Å². The Kier molecular flexibility index (Phi) is 6.54. The standard InChI is InChI=1S/C18H17ClN4O2S2/c1-11-7-8-12(9-13(11)19)20-17-22-23-18(27-17)26-10-16(24)21-14-5-3-4-6-15(14)25-2/h3-9H,10H2,1-2H3,(H,20,22)(H,21,24). The summed E-state index contributed by atoms with van der Waals surface area (Å²) < 4.78 is 5.93. The highest BCUT2D eigenvalue weighted by atomic mass is 35.5. The van der Waals surface area contributed by atoms with E-state index in [0.717, 1.165) is 11.3 Å². The lowest BCUT2D eigenvalue weighted by Gasteiger charge is -2.08. The first-order valence-electron chi connectivity index (χ1n) is 7.97. The summed E-state index contributed by atoms with van der Waals surface area (Å²) in [6, 6.07) is 13.0. The number of hydrogen-bond acceptors (Lipinski definition) is 7. The summed E-state index contributed by atoms with van der Waals surface area (Å²) in [6.07, 6.45) is 0. The van der Waals surface area contributed by atoms with Gasteiger partial charge in [-0.2, -0.15) is 0 Å². The smallest absolute Gasteiger partial charge is 0.234 e. The molecule has 2 aromatic carbocycles. The van der Waals surface area contributed by atoms with Crippen LogP contribution in [0.5, 0.6) is 5.75 Å². The molecule has 1 amide bonds. The van der Waals surface area contributed by atoms with E-state index >= 15 is 0 Å². The minimum atomic E-state index is -0.139. The Morgan fingerprint density at radius 1 is 1.26 bits per heavy atom. The number of hydrogen-bond donors (Lipinski definition) is 2. The van der Waals surface area contributed by atoms with Crippen molar-refractivity contribution in [3.63, 3.8) is 0 Å². The zero-order valence-corrected chi connectivity index (χ0v) is 17.0. The van der Waals surface area contributed by atoms with Crippen LogP contribution >= 0.6 is 34.7 Å². The summed E-state index contributed by atoms with van der Waals surface area (Å²) in [5, 5.41) is 15.5. The first-order valence-corrected chi connectivity index (χ1v) is 10.2. The second-order valence-electron chi connectivity index (χ2n) is 5.50. The molecule has 3 aromatic rings. The number of carbonyl (C=O) groups is 1. The quantitative estimate of drug-likeness (QED) is 0.525. The number of rotatable bonds is 7. The molecule has 0 unspecified atom stereocenters. The molecule has 2 N–H and O–H groups in total.